The number of nitrogens with one attached hydrogen (secondary N) is 2. The lowest BCUT2D eigenvalue weighted by Gasteiger charge is -2.08. The first-order chi connectivity index (χ1) is 8.65. The Morgan fingerprint density at radius 1 is 1.39 bits per heavy atom. The van der Waals surface area contributed by atoms with Crippen molar-refractivity contribution in [2.45, 2.75) is 39.5 Å². The highest BCUT2D eigenvalue weighted by Crippen LogP contribution is 2.27. The van der Waals surface area contributed by atoms with Crippen LogP contribution in [0, 0.1) is 5.92 Å². The van der Waals surface area contributed by atoms with Gasteiger partial charge in [-0.2, -0.15) is 0 Å². The van der Waals surface area contributed by atoms with Gasteiger partial charge in [0.05, 0.1) is 0 Å². The fourth-order valence-electron chi connectivity index (χ4n) is 2.07. The molecule has 0 radical (unpaired) electrons. The molecule has 98 valence electrons. The van der Waals surface area contributed by atoms with Gasteiger partial charge in [-0.3, -0.25) is 9.59 Å². The Morgan fingerprint density at radius 3 is 2.67 bits per heavy atom. The van der Waals surface area contributed by atoms with Crippen LogP contribution in [0.15, 0.2) is 10.9 Å². The van der Waals surface area contributed by atoms with Crippen molar-refractivity contribution in [3.63, 3.8) is 0 Å². The van der Waals surface area contributed by atoms with E-state index in [0.29, 0.717) is 12.5 Å². The third-order valence-corrected chi connectivity index (χ3v) is 3.44. The molecule has 0 unspecified atom stereocenters. The van der Waals surface area contributed by atoms with Gasteiger partial charge in [-0.15, -0.1) is 0 Å². The summed E-state index contributed by atoms with van der Waals surface area (Å²) in [4.78, 5) is 26.6. The highest BCUT2D eigenvalue weighted by Gasteiger charge is 2.22. The van der Waals surface area contributed by atoms with E-state index in [0.717, 1.165) is 24.1 Å². The van der Waals surface area contributed by atoms with Crippen LogP contribution in [0.1, 0.15) is 48.3 Å². The van der Waals surface area contributed by atoms with Crippen molar-refractivity contribution in [1.82, 2.24) is 10.3 Å². The Kier molecular flexibility index (Phi) is 3.84. The van der Waals surface area contributed by atoms with Crippen LogP contribution in [0.2, 0.25) is 0 Å². The molecule has 1 aliphatic carbocycles. The fraction of sp³-hybridized carbons (Fsp3) is 0.571. The van der Waals surface area contributed by atoms with Gasteiger partial charge in [-0.25, -0.2) is 0 Å². The molecule has 0 spiro atoms. The monoisotopic (exact) mass is 248 g/mol. The van der Waals surface area contributed by atoms with E-state index in [-0.39, 0.29) is 17.0 Å². The predicted molar refractivity (Wildman–Crippen MR) is 70.9 cm³/mol. The van der Waals surface area contributed by atoms with Crippen molar-refractivity contribution in [1.29, 1.82) is 0 Å². The molecule has 2 rings (SSSR count). The van der Waals surface area contributed by atoms with Crippen molar-refractivity contribution >= 4 is 5.91 Å². The predicted octanol–water partition coefficient (Wildman–Crippen LogP) is 1.64. The number of H-pyrrole nitrogens is 1. The maximum atomic E-state index is 11.9. The fourth-order valence-corrected chi connectivity index (χ4v) is 2.07. The van der Waals surface area contributed by atoms with Crippen LogP contribution in [0.5, 0.6) is 0 Å². The molecule has 4 heteroatoms. The molecule has 1 fully saturated rings. The molecule has 18 heavy (non-hydrogen) atoms. The van der Waals surface area contributed by atoms with Gasteiger partial charge in [0.1, 0.15) is 5.56 Å². The van der Waals surface area contributed by atoms with E-state index in [9.17, 15) is 9.59 Å². The first kappa shape index (κ1) is 12.9. The van der Waals surface area contributed by atoms with Crippen LogP contribution in [0.25, 0.3) is 0 Å². The van der Waals surface area contributed by atoms with Gasteiger partial charge in [0.25, 0.3) is 11.5 Å². The summed E-state index contributed by atoms with van der Waals surface area (Å²) < 4.78 is 0. The molecule has 1 aromatic rings. The lowest BCUT2D eigenvalue weighted by molar-refractivity contribution is 0.0950. The summed E-state index contributed by atoms with van der Waals surface area (Å²) in [5.41, 5.74) is 1.94. The minimum Gasteiger partial charge on any atom is -0.352 e. The zero-order valence-electron chi connectivity index (χ0n) is 11.0. The van der Waals surface area contributed by atoms with Gasteiger partial charge in [-0.1, -0.05) is 13.8 Å². The molecular weight excluding hydrogens is 228 g/mol. The molecule has 0 saturated heterocycles. The van der Waals surface area contributed by atoms with Crippen molar-refractivity contribution in [3.8, 4) is 0 Å². The third kappa shape index (κ3) is 2.81. The molecule has 1 aromatic heterocycles. The molecule has 1 saturated carbocycles. The van der Waals surface area contributed by atoms with Gasteiger partial charge in [0, 0.05) is 12.2 Å². The molecular formula is C14H20N2O2. The third-order valence-electron chi connectivity index (χ3n) is 3.44. The first-order valence-electron chi connectivity index (χ1n) is 6.69. The molecule has 0 bridgehead atoms. The first-order valence-corrected chi connectivity index (χ1v) is 6.69. The summed E-state index contributed by atoms with van der Waals surface area (Å²) in [6, 6.07) is 1.74. The Balaban J connectivity index is 2.20. The summed E-state index contributed by atoms with van der Waals surface area (Å²) in [6.45, 7) is 4.71. The average molecular weight is 248 g/mol. The Morgan fingerprint density at radius 2 is 2.11 bits per heavy atom. The number of hydrogen-bond acceptors (Lipinski definition) is 2. The standard InChI is InChI=1S/C14H20N2O2/c1-3-10-7-11(14(18)16-12(10)4-2)13(17)15-8-9-5-6-9/h7,9H,3-6,8H2,1-2H3,(H,15,17)(H,16,18). The van der Waals surface area contributed by atoms with E-state index in [1.807, 2.05) is 13.8 Å². The lowest BCUT2D eigenvalue weighted by atomic mass is 10.1. The normalized spacial score (nSPS) is 14.6. The largest absolute Gasteiger partial charge is 0.352 e. The van der Waals surface area contributed by atoms with Gasteiger partial charge < -0.3 is 10.3 Å². The molecule has 2 N–H and O–H groups in total. The summed E-state index contributed by atoms with van der Waals surface area (Å²) in [5.74, 6) is 0.370. The highest BCUT2D eigenvalue weighted by molar-refractivity contribution is 5.94. The second-order valence-corrected chi connectivity index (χ2v) is 4.88. The van der Waals surface area contributed by atoms with E-state index < -0.39 is 0 Å². The Bertz CT molecular complexity index is 501. The van der Waals surface area contributed by atoms with E-state index in [1.54, 1.807) is 6.07 Å². The number of carbonyl (C=O) groups is 1. The van der Waals surface area contributed by atoms with Crippen LogP contribution in [0.3, 0.4) is 0 Å². The Labute approximate surface area is 107 Å². The SMILES string of the molecule is CCc1cc(C(=O)NCC2CC2)c(=O)[nH]c1CC. The minimum atomic E-state index is -0.280. The van der Waals surface area contributed by atoms with E-state index in [2.05, 4.69) is 10.3 Å². The second-order valence-electron chi connectivity index (χ2n) is 4.88. The number of amides is 1. The maximum absolute atomic E-state index is 11.9. The van der Waals surface area contributed by atoms with Crippen molar-refractivity contribution in [2.24, 2.45) is 5.92 Å². The molecule has 0 aliphatic heterocycles. The number of carbonyl (C=O) groups excluding carboxylic acids is 1. The summed E-state index contributed by atoms with van der Waals surface area (Å²) >= 11 is 0. The van der Waals surface area contributed by atoms with E-state index in [1.165, 1.54) is 12.8 Å². The second kappa shape index (κ2) is 5.38. The zero-order valence-corrected chi connectivity index (χ0v) is 11.0. The molecule has 1 heterocycles. The summed E-state index contributed by atoms with van der Waals surface area (Å²) in [6.07, 6.45) is 3.97. The number of aromatic amines is 1. The summed E-state index contributed by atoms with van der Waals surface area (Å²) in [7, 11) is 0. The van der Waals surface area contributed by atoms with Crippen LogP contribution in [-0.4, -0.2) is 17.4 Å². The maximum Gasteiger partial charge on any atom is 0.261 e. The van der Waals surface area contributed by atoms with Crippen molar-refractivity contribution < 1.29 is 4.79 Å². The number of aromatic nitrogens is 1. The number of pyridine rings is 1. The molecule has 1 amide bonds. The van der Waals surface area contributed by atoms with Gasteiger partial charge >= 0.3 is 0 Å². The van der Waals surface area contributed by atoms with Crippen LogP contribution < -0.4 is 10.9 Å². The van der Waals surface area contributed by atoms with E-state index >= 15 is 0 Å². The average Bonchev–Trinajstić information content (AvgIpc) is 3.19. The number of aryl methyl sites for hydroxylation is 2. The zero-order chi connectivity index (χ0) is 13.1. The van der Waals surface area contributed by atoms with Crippen LogP contribution >= 0.6 is 0 Å². The minimum absolute atomic E-state index is 0.240. The molecule has 0 aromatic carbocycles. The quantitative estimate of drug-likeness (QED) is 0.832. The van der Waals surface area contributed by atoms with Gasteiger partial charge in [0.15, 0.2) is 0 Å². The highest BCUT2D eigenvalue weighted by atomic mass is 16.2. The van der Waals surface area contributed by atoms with Crippen LogP contribution in [0.4, 0.5) is 0 Å². The lowest BCUT2D eigenvalue weighted by Crippen LogP contribution is -2.31. The molecule has 0 atom stereocenters. The number of hydrogen-bond donors (Lipinski definition) is 2. The smallest absolute Gasteiger partial charge is 0.261 e. The molecule has 4 nitrogen and oxygen atoms in total. The topological polar surface area (TPSA) is 62.0 Å². The number of rotatable bonds is 5. The van der Waals surface area contributed by atoms with Crippen LogP contribution in [-0.2, 0) is 12.8 Å². The Hall–Kier alpha value is -1.58. The van der Waals surface area contributed by atoms with Gasteiger partial charge in [-0.05, 0) is 43.2 Å². The van der Waals surface area contributed by atoms with Crippen molar-refractivity contribution in [2.75, 3.05) is 6.54 Å². The van der Waals surface area contributed by atoms with Crippen molar-refractivity contribution in [3.05, 3.63) is 33.2 Å². The van der Waals surface area contributed by atoms with E-state index in [4.69, 9.17) is 0 Å². The van der Waals surface area contributed by atoms with Gasteiger partial charge in [0.2, 0.25) is 0 Å². The summed E-state index contributed by atoms with van der Waals surface area (Å²) in [5, 5.41) is 2.83. The molecule has 1 aliphatic rings.